The van der Waals surface area contributed by atoms with Gasteiger partial charge in [0.05, 0.1) is 4.91 Å². The number of rotatable bonds is 5. The Morgan fingerprint density at radius 2 is 1.81 bits per heavy atom. The first-order valence-electron chi connectivity index (χ1n) is 7.99. The molecule has 0 saturated carbocycles. The van der Waals surface area contributed by atoms with E-state index >= 15 is 0 Å². The number of amides is 3. The SMILES string of the molecule is O=C(NCCN1C(=O)SC(=Cc2ccc(F)cc2)C1=O)c1cccc(F)c1. The van der Waals surface area contributed by atoms with Gasteiger partial charge in [-0.25, -0.2) is 8.78 Å². The van der Waals surface area contributed by atoms with Crippen molar-refractivity contribution >= 4 is 34.9 Å². The maximum atomic E-state index is 13.1. The monoisotopic (exact) mass is 388 g/mol. The minimum atomic E-state index is -0.528. The highest BCUT2D eigenvalue weighted by Crippen LogP contribution is 2.31. The lowest BCUT2D eigenvalue weighted by molar-refractivity contribution is -0.122. The third-order valence-electron chi connectivity index (χ3n) is 3.75. The molecular weight excluding hydrogens is 374 g/mol. The van der Waals surface area contributed by atoms with E-state index in [1.807, 2.05) is 0 Å². The van der Waals surface area contributed by atoms with Crippen LogP contribution in [0.2, 0.25) is 0 Å². The molecule has 1 saturated heterocycles. The number of carbonyl (C=O) groups is 3. The third kappa shape index (κ3) is 4.59. The summed E-state index contributed by atoms with van der Waals surface area (Å²) in [6, 6.07) is 10.7. The lowest BCUT2D eigenvalue weighted by Gasteiger charge is -2.13. The zero-order chi connectivity index (χ0) is 19.4. The number of nitrogens with zero attached hydrogens (tertiary/aromatic N) is 1. The molecule has 0 spiro atoms. The van der Waals surface area contributed by atoms with Crippen LogP contribution in [-0.4, -0.2) is 35.0 Å². The molecule has 1 N–H and O–H groups in total. The van der Waals surface area contributed by atoms with Crippen molar-refractivity contribution in [2.75, 3.05) is 13.1 Å². The molecule has 2 aromatic rings. The van der Waals surface area contributed by atoms with Gasteiger partial charge in [0.1, 0.15) is 11.6 Å². The topological polar surface area (TPSA) is 66.5 Å². The van der Waals surface area contributed by atoms with Crippen LogP contribution in [0.4, 0.5) is 13.6 Å². The van der Waals surface area contributed by atoms with Gasteiger partial charge in [-0.05, 0) is 53.7 Å². The number of carbonyl (C=O) groups excluding carboxylic acids is 3. The zero-order valence-electron chi connectivity index (χ0n) is 13.9. The molecule has 1 aliphatic heterocycles. The smallest absolute Gasteiger partial charge is 0.293 e. The van der Waals surface area contributed by atoms with Crippen molar-refractivity contribution in [3.63, 3.8) is 0 Å². The van der Waals surface area contributed by atoms with E-state index in [1.165, 1.54) is 48.5 Å². The largest absolute Gasteiger partial charge is 0.350 e. The number of imide groups is 1. The molecule has 0 bridgehead atoms. The van der Waals surface area contributed by atoms with Crippen LogP contribution < -0.4 is 5.32 Å². The predicted molar refractivity (Wildman–Crippen MR) is 97.8 cm³/mol. The Balaban J connectivity index is 1.59. The molecule has 0 atom stereocenters. The Labute approximate surface area is 158 Å². The summed E-state index contributed by atoms with van der Waals surface area (Å²) in [6.07, 6.45) is 1.51. The summed E-state index contributed by atoms with van der Waals surface area (Å²) in [5.41, 5.74) is 0.752. The van der Waals surface area contributed by atoms with Crippen molar-refractivity contribution in [2.24, 2.45) is 0 Å². The highest BCUT2D eigenvalue weighted by atomic mass is 32.2. The van der Waals surface area contributed by atoms with Gasteiger partial charge in [0.25, 0.3) is 17.1 Å². The second-order valence-corrected chi connectivity index (χ2v) is 6.64. The van der Waals surface area contributed by atoms with Crippen molar-refractivity contribution in [1.82, 2.24) is 10.2 Å². The van der Waals surface area contributed by atoms with Crippen molar-refractivity contribution in [3.8, 4) is 0 Å². The molecule has 1 aliphatic rings. The highest BCUT2D eigenvalue weighted by molar-refractivity contribution is 8.18. The molecule has 1 heterocycles. The maximum absolute atomic E-state index is 13.1. The van der Waals surface area contributed by atoms with Crippen molar-refractivity contribution < 1.29 is 23.2 Å². The summed E-state index contributed by atoms with van der Waals surface area (Å²) in [4.78, 5) is 37.6. The molecule has 8 heteroatoms. The minimum Gasteiger partial charge on any atom is -0.350 e. The van der Waals surface area contributed by atoms with Gasteiger partial charge in [0.2, 0.25) is 0 Å². The lowest BCUT2D eigenvalue weighted by atomic mass is 10.2. The fourth-order valence-corrected chi connectivity index (χ4v) is 3.28. The summed E-state index contributed by atoms with van der Waals surface area (Å²) in [6.45, 7) is 0.0314. The molecule has 0 aliphatic carbocycles. The van der Waals surface area contributed by atoms with Gasteiger partial charge in [-0.1, -0.05) is 18.2 Å². The minimum absolute atomic E-state index is 0.00746. The van der Waals surface area contributed by atoms with E-state index in [0.717, 1.165) is 22.7 Å². The standard InChI is InChI=1S/C19H14F2N2O3S/c20-14-6-4-12(5-7-14)10-16-18(25)23(19(26)27-16)9-8-22-17(24)13-2-1-3-15(21)11-13/h1-7,10-11H,8-9H2,(H,22,24). The molecular formula is C19H14F2N2O3S. The van der Waals surface area contributed by atoms with E-state index < -0.39 is 28.7 Å². The molecule has 3 amide bonds. The summed E-state index contributed by atoms with van der Waals surface area (Å²) in [5.74, 6) is -1.90. The molecule has 2 aromatic carbocycles. The van der Waals surface area contributed by atoms with Crippen LogP contribution in [0.1, 0.15) is 15.9 Å². The number of nitrogens with one attached hydrogen (secondary N) is 1. The molecule has 138 valence electrons. The van der Waals surface area contributed by atoms with E-state index in [2.05, 4.69) is 5.32 Å². The number of hydrogen-bond acceptors (Lipinski definition) is 4. The van der Waals surface area contributed by atoms with E-state index in [9.17, 15) is 23.2 Å². The van der Waals surface area contributed by atoms with Gasteiger partial charge in [0, 0.05) is 18.7 Å². The zero-order valence-corrected chi connectivity index (χ0v) is 14.8. The number of benzene rings is 2. The molecule has 0 radical (unpaired) electrons. The Hall–Kier alpha value is -3.00. The number of hydrogen-bond donors (Lipinski definition) is 1. The van der Waals surface area contributed by atoms with Crippen LogP contribution in [0.3, 0.4) is 0 Å². The Morgan fingerprint density at radius 3 is 2.52 bits per heavy atom. The first-order chi connectivity index (χ1) is 12.9. The van der Waals surface area contributed by atoms with Gasteiger partial charge in [-0.3, -0.25) is 19.3 Å². The van der Waals surface area contributed by atoms with Crippen LogP contribution >= 0.6 is 11.8 Å². The summed E-state index contributed by atoms with van der Waals surface area (Å²) in [7, 11) is 0. The second kappa shape index (κ2) is 8.13. The fourth-order valence-electron chi connectivity index (χ4n) is 2.42. The number of thioether (sulfide) groups is 1. The van der Waals surface area contributed by atoms with Gasteiger partial charge in [-0.15, -0.1) is 0 Å². The van der Waals surface area contributed by atoms with E-state index in [0.29, 0.717) is 5.56 Å². The second-order valence-electron chi connectivity index (χ2n) is 5.65. The van der Waals surface area contributed by atoms with Crippen LogP contribution in [0.25, 0.3) is 6.08 Å². The molecule has 0 unspecified atom stereocenters. The fraction of sp³-hybridized carbons (Fsp3) is 0.105. The average molecular weight is 388 g/mol. The van der Waals surface area contributed by atoms with Crippen molar-refractivity contribution in [3.05, 3.63) is 76.2 Å². The molecule has 5 nitrogen and oxygen atoms in total. The predicted octanol–water partition coefficient (Wildman–Crippen LogP) is 3.43. The molecule has 3 rings (SSSR count). The van der Waals surface area contributed by atoms with Crippen molar-refractivity contribution in [1.29, 1.82) is 0 Å². The average Bonchev–Trinajstić information content (AvgIpc) is 2.91. The Morgan fingerprint density at radius 1 is 1.07 bits per heavy atom. The van der Waals surface area contributed by atoms with Crippen LogP contribution in [0.5, 0.6) is 0 Å². The number of halogens is 2. The van der Waals surface area contributed by atoms with Gasteiger partial charge in [0.15, 0.2) is 0 Å². The van der Waals surface area contributed by atoms with E-state index in [1.54, 1.807) is 0 Å². The first kappa shape index (κ1) is 18.8. The molecule has 1 fully saturated rings. The first-order valence-corrected chi connectivity index (χ1v) is 8.80. The third-order valence-corrected chi connectivity index (χ3v) is 4.66. The van der Waals surface area contributed by atoms with Crippen LogP contribution in [0, 0.1) is 11.6 Å². The van der Waals surface area contributed by atoms with E-state index in [4.69, 9.17) is 0 Å². The molecule has 27 heavy (non-hydrogen) atoms. The lowest BCUT2D eigenvalue weighted by Crippen LogP contribution is -2.37. The Bertz CT molecular complexity index is 929. The van der Waals surface area contributed by atoms with Crippen LogP contribution in [0.15, 0.2) is 53.4 Å². The normalized spacial score (nSPS) is 15.5. The Kier molecular flexibility index (Phi) is 5.66. The van der Waals surface area contributed by atoms with E-state index in [-0.39, 0.29) is 23.6 Å². The summed E-state index contributed by atoms with van der Waals surface area (Å²) >= 11 is 0.780. The summed E-state index contributed by atoms with van der Waals surface area (Å²) < 4.78 is 26.1. The molecule has 0 aromatic heterocycles. The quantitative estimate of drug-likeness (QED) is 0.797. The summed E-state index contributed by atoms with van der Waals surface area (Å²) in [5, 5.41) is 2.09. The highest BCUT2D eigenvalue weighted by Gasteiger charge is 2.34. The maximum Gasteiger partial charge on any atom is 0.293 e. The van der Waals surface area contributed by atoms with Crippen LogP contribution in [-0.2, 0) is 4.79 Å². The van der Waals surface area contributed by atoms with Gasteiger partial charge >= 0.3 is 0 Å². The van der Waals surface area contributed by atoms with Gasteiger partial charge in [-0.2, -0.15) is 0 Å². The van der Waals surface area contributed by atoms with Crippen molar-refractivity contribution in [2.45, 2.75) is 0 Å². The van der Waals surface area contributed by atoms with Gasteiger partial charge < -0.3 is 5.32 Å².